The van der Waals surface area contributed by atoms with Crippen molar-refractivity contribution in [3.05, 3.63) is 46.0 Å². The van der Waals surface area contributed by atoms with Gasteiger partial charge in [0.2, 0.25) is 0 Å². The van der Waals surface area contributed by atoms with Gasteiger partial charge in [0.15, 0.2) is 0 Å². The molecule has 3 nitrogen and oxygen atoms in total. The standard InChI is InChI=1S/C13H11BrN2OS/c1-17-12-5-2-8(7-15-12)13-16-10-4-3-9(14)6-11(10)18-13/h2-7,12,15H,1H3. The fourth-order valence-electron chi connectivity index (χ4n) is 1.77. The van der Waals surface area contributed by atoms with Crippen molar-refractivity contribution in [2.75, 3.05) is 7.11 Å². The number of nitrogens with zero attached hydrogens (tertiary/aromatic N) is 1. The molecule has 0 aliphatic carbocycles. The summed E-state index contributed by atoms with van der Waals surface area (Å²) in [6, 6.07) is 6.13. The predicted molar refractivity (Wildman–Crippen MR) is 78.4 cm³/mol. The fourth-order valence-corrected chi connectivity index (χ4v) is 3.28. The maximum Gasteiger partial charge on any atom is 0.146 e. The predicted octanol–water partition coefficient (Wildman–Crippen LogP) is 3.53. The fraction of sp³-hybridized carbons (Fsp3) is 0.154. The van der Waals surface area contributed by atoms with E-state index in [1.54, 1.807) is 18.4 Å². The molecular weight excluding hydrogens is 312 g/mol. The van der Waals surface area contributed by atoms with Crippen molar-refractivity contribution in [3.8, 4) is 0 Å². The van der Waals surface area contributed by atoms with E-state index in [1.807, 2.05) is 30.5 Å². The van der Waals surface area contributed by atoms with E-state index in [1.165, 1.54) is 4.70 Å². The first-order valence-electron chi connectivity index (χ1n) is 5.50. The van der Waals surface area contributed by atoms with E-state index in [0.717, 1.165) is 20.6 Å². The van der Waals surface area contributed by atoms with Gasteiger partial charge in [0.1, 0.15) is 11.2 Å². The van der Waals surface area contributed by atoms with Crippen LogP contribution in [0.5, 0.6) is 0 Å². The highest BCUT2D eigenvalue weighted by Crippen LogP contribution is 2.30. The first-order valence-corrected chi connectivity index (χ1v) is 7.11. The number of nitrogens with one attached hydrogen (secondary N) is 1. The Labute approximate surface area is 117 Å². The van der Waals surface area contributed by atoms with E-state index >= 15 is 0 Å². The van der Waals surface area contributed by atoms with E-state index in [4.69, 9.17) is 4.74 Å². The Morgan fingerprint density at radius 1 is 1.44 bits per heavy atom. The molecular formula is C13H11BrN2OS. The van der Waals surface area contributed by atoms with Crippen LogP contribution in [0.1, 0.15) is 5.01 Å². The molecule has 0 saturated heterocycles. The topological polar surface area (TPSA) is 34.1 Å². The molecule has 0 radical (unpaired) electrons. The Morgan fingerprint density at radius 3 is 3.06 bits per heavy atom. The minimum atomic E-state index is -0.0442. The second kappa shape index (κ2) is 4.84. The number of hydrogen-bond donors (Lipinski definition) is 1. The van der Waals surface area contributed by atoms with Crippen molar-refractivity contribution in [3.63, 3.8) is 0 Å². The SMILES string of the molecule is COC1C=CC(c2nc3ccc(Br)cc3s2)=CN1. The average molecular weight is 323 g/mol. The third kappa shape index (κ3) is 2.21. The van der Waals surface area contributed by atoms with E-state index in [2.05, 4.69) is 32.3 Å². The first kappa shape index (κ1) is 11.9. The molecule has 18 heavy (non-hydrogen) atoms. The number of halogens is 1. The third-order valence-electron chi connectivity index (χ3n) is 2.71. The summed E-state index contributed by atoms with van der Waals surface area (Å²) in [5, 5.41) is 4.17. The Morgan fingerprint density at radius 2 is 2.33 bits per heavy atom. The molecule has 1 unspecified atom stereocenters. The lowest BCUT2D eigenvalue weighted by Crippen LogP contribution is -2.26. The van der Waals surface area contributed by atoms with Crippen LogP contribution in [0.2, 0.25) is 0 Å². The Bertz CT molecular complexity index is 647. The quantitative estimate of drug-likeness (QED) is 0.918. The molecule has 0 bridgehead atoms. The highest BCUT2D eigenvalue weighted by molar-refractivity contribution is 9.10. The minimum Gasteiger partial charge on any atom is -0.362 e. The first-order chi connectivity index (χ1) is 8.76. The lowest BCUT2D eigenvalue weighted by atomic mass is 10.2. The number of fused-ring (bicyclic) bond motifs is 1. The summed E-state index contributed by atoms with van der Waals surface area (Å²) >= 11 is 5.16. The van der Waals surface area contributed by atoms with Crippen molar-refractivity contribution in [2.45, 2.75) is 6.23 Å². The number of rotatable bonds is 2. The largest absolute Gasteiger partial charge is 0.362 e. The van der Waals surface area contributed by atoms with Gasteiger partial charge in [-0.3, -0.25) is 0 Å². The van der Waals surface area contributed by atoms with Crippen LogP contribution in [0.15, 0.2) is 41.0 Å². The molecule has 1 aromatic heterocycles. The van der Waals surface area contributed by atoms with Crippen LogP contribution < -0.4 is 5.32 Å². The molecule has 0 saturated carbocycles. The Hall–Kier alpha value is -1.17. The number of allylic oxidation sites excluding steroid dienone is 2. The lowest BCUT2D eigenvalue weighted by Gasteiger charge is -2.15. The van der Waals surface area contributed by atoms with Crippen molar-refractivity contribution in [1.29, 1.82) is 0 Å². The zero-order valence-electron chi connectivity index (χ0n) is 9.68. The normalized spacial score (nSPS) is 18.8. The molecule has 1 aliphatic heterocycles. The van der Waals surface area contributed by atoms with Crippen molar-refractivity contribution in [2.24, 2.45) is 0 Å². The zero-order chi connectivity index (χ0) is 12.5. The molecule has 2 heterocycles. The lowest BCUT2D eigenvalue weighted by molar-refractivity contribution is 0.124. The van der Waals surface area contributed by atoms with Crippen LogP contribution in [-0.2, 0) is 4.74 Å². The molecule has 3 rings (SSSR count). The van der Waals surface area contributed by atoms with Gasteiger partial charge >= 0.3 is 0 Å². The van der Waals surface area contributed by atoms with Gasteiger partial charge in [-0.25, -0.2) is 4.98 Å². The second-order valence-corrected chi connectivity index (χ2v) is 5.86. The van der Waals surface area contributed by atoms with Crippen LogP contribution >= 0.6 is 27.3 Å². The molecule has 1 aliphatic rings. The molecule has 0 amide bonds. The molecule has 1 atom stereocenters. The summed E-state index contributed by atoms with van der Waals surface area (Å²) in [7, 11) is 1.68. The third-order valence-corrected chi connectivity index (χ3v) is 4.27. The molecule has 1 aromatic carbocycles. The van der Waals surface area contributed by atoms with Crippen LogP contribution in [0, 0.1) is 0 Å². The highest BCUT2D eigenvalue weighted by Gasteiger charge is 2.11. The summed E-state index contributed by atoms with van der Waals surface area (Å²) in [6.07, 6.45) is 5.92. The van der Waals surface area contributed by atoms with E-state index in [9.17, 15) is 0 Å². The number of thiazole rings is 1. The minimum absolute atomic E-state index is 0.0442. The van der Waals surface area contributed by atoms with Crippen molar-refractivity contribution >= 4 is 43.1 Å². The number of benzene rings is 1. The summed E-state index contributed by atoms with van der Waals surface area (Å²) in [5.74, 6) is 0. The Kier molecular flexibility index (Phi) is 3.20. The molecule has 2 aromatic rings. The second-order valence-electron chi connectivity index (χ2n) is 3.91. The van der Waals surface area contributed by atoms with Gasteiger partial charge < -0.3 is 10.1 Å². The number of methoxy groups -OCH3 is 1. The molecule has 0 spiro atoms. The number of dihydropyridines is 1. The van der Waals surface area contributed by atoms with Crippen LogP contribution in [0.4, 0.5) is 0 Å². The van der Waals surface area contributed by atoms with Gasteiger partial charge in [0.05, 0.1) is 10.2 Å². The van der Waals surface area contributed by atoms with E-state index in [0.29, 0.717) is 0 Å². The van der Waals surface area contributed by atoms with Gasteiger partial charge in [0, 0.05) is 23.4 Å². The van der Waals surface area contributed by atoms with Gasteiger partial charge in [-0.1, -0.05) is 22.0 Å². The van der Waals surface area contributed by atoms with Crippen LogP contribution in [0.25, 0.3) is 15.8 Å². The Balaban J connectivity index is 1.96. The van der Waals surface area contributed by atoms with Crippen molar-refractivity contribution < 1.29 is 4.74 Å². The summed E-state index contributed by atoms with van der Waals surface area (Å²) < 4.78 is 7.45. The van der Waals surface area contributed by atoms with Gasteiger partial charge in [-0.2, -0.15) is 0 Å². The number of hydrogen-bond acceptors (Lipinski definition) is 4. The maximum atomic E-state index is 5.18. The van der Waals surface area contributed by atoms with Crippen molar-refractivity contribution in [1.82, 2.24) is 10.3 Å². The smallest absolute Gasteiger partial charge is 0.146 e. The molecule has 5 heteroatoms. The van der Waals surface area contributed by atoms with E-state index in [-0.39, 0.29) is 6.23 Å². The van der Waals surface area contributed by atoms with Crippen LogP contribution in [-0.4, -0.2) is 18.3 Å². The summed E-state index contributed by atoms with van der Waals surface area (Å²) in [4.78, 5) is 4.63. The average Bonchev–Trinajstić information content (AvgIpc) is 2.81. The monoisotopic (exact) mass is 322 g/mol. The maximum absolute atomic E-state index is 5.18. The summed E-state index contributed by atoms with van der Waals surface area (Å²) in [6.45, 7) is 0. The number of ether oxygens (including phenoxy) is 1. The van der Waals surface area contributed by atoms with Crippen LogP contribution in [0.3, 0.4) is 0 Å². The zero-order valence-corrected chi connectivity index (χ0v) is 12.1. The van der Waals surface area contributed by atoms with Gasteiger partial charge in [-0.05, 0) is 24.3 Å². The summed E-state index contributed by atoms with van der Waals surface area (Å²) in [5.41, 5.74) is 2.11. The van der Waals surface area contributed by atoms with Gasteiger partial charge in [-0.15, -0.1) is 11.3 Å². The molecule has 0 fully saturated rings. The highest BCUT2D eigenvalue weighted by atomic mass is 79.9. The van der Waals surface area contributed by atoms with Gasteiger partial charge in [0.25, 0.3) is 0 Å². The van der Waals surface area contributed by atoms with E-state index < -0.39 is 0 Å². The molecule has 1 N–H and O–H groups in total. The number of aromatic nitrogens is 1. The molecule has 92 valence electrons.